The zero-order valence-electron chi connectivity index (χ0n) is 9.04. The fourth-order valence-corrected chi connectivity index (χ4v) is 2.08. The highest BCUT2D eigenvalue weighted by Gasteiger charge is 2.21. The van der Waals surface area contributed by atoms with Crippen LogP contribution in [-0.4, -0.2) is 68.4 Å². The Hall–Kier alpha value is -0.160. The van der Waals surface area contributed by atoms with E-state index in [1.807, 2.05) is 0 Å². The zero-order chi connectivity index (χ0) is 9.80. The number of nitrogens with one attached hydrogen (secondary N) is 1. The van der Waals surface area contributed by atoms with E-state index in [1.165, 1.54) is 13.1 Å². The molecule has 2 aliphatic heterocycles. The summed E-state index contributed by atoms with van der Waals surface area (Å²) in [6, 6.07) is 0.582. The average molecular weight is 199 g/mol. The fraction of sp³-hybridized carbons (Fsp3) is 1.00. The molecule has 2 aliphatic rings. The van der Waals surface area contributed by atoms with Crippen LogP contribution < -0.4 is 5.32 Å². The molecule has 0 radical (unpaired) electrons. The van der Waals surface area contributed by atoms with E-state index in [0.717, 1.165) is 39.5 Å². The molecular formula is C10H21N3O. The third-order valence-electron chi connectivity index (χ3n) is 3.10. The van der Waals surface area contributed by atoms with Gasteiger partial charge in [0.15, 0.2) is 0 Å². The van der Waals surface area contributed by atoms with Crippen molar-refractivity contribution in [3.63, 3.8) is 0 Å². The first-order valence-corrected chi connectivity index (χ1v) is 5.61. The predicted octanol–water partition coefficient (Wildman–Crippen LogP) is -0.430. The molecule has 2 heterocycles. The highest BCUT2D eigenvalue weighted by Crippen LogP contribution is 2.07. The molecule has 0 bridgehead atoms. The lowest BCUT2D eigenvalue weighted by Crippen LogP contribution is -2.53. The van der Waals surface area contributed by atoms with Crippen molar-refractivity contribution in [2.75, 3.05) is 52.6 Å². The van der Waals surface area contributed by atoms with Crippen LogP contribution in [0.2, 0.25) is 0 Å². The number of ether oxygens (including phenoxy) is 1. The minimum absolute atomic E-state index is 0.582. The Bertz CT molecular complexity index is 171. The molecule has 1 atom stereocenters. The van der Waals surface area contributed by atoms with Gasteiger partial charge in [-0.25, -0.2) is 0 Å². The first kappa shape index (κ1) is 10.4. The van der Waals surface area contributed by atoms with Crippen LogP contribution in [0.15, 0.2) is 0 Å². The van der Waals surface area contributed by atoms with Crippen LogP contribution in [0, 0.1) is 0 Å². The van der Waals surface area contributed by atoms with Gasteiger partial charge in [0.2, 0.25) is 0 Å². The van der Waals surface area contributed by atoms with Gasteiger partial charge in [0.1, 0.15) is 0 Å². The molecule has 2 fully saturated rings. The van der Waals surface area contributed by atoms with Gasteiger partial charge >= 0.3 is 0 Å². The second kappa shape index (κ2) is 5.07. The van der Waals surface area contributed by atoms with Gasteiger partial charge in [-0.15, -0.1) is 0 Å². The molecule has 1 unspecified atom stereocenters. The largest absolute Gasteiger partial charge is 0.379 e. The minimum atomic E-state index is 0.582. The molecule has 2 saturated heterocycles. The van der Waals surface area contributed by atoms with E-state index < -0.39 is 0 Å². The topological polar surface area (TPSA) is 27.7 Å². The maximum atomic E-state index is 5.43. The highest BCUT2D eigenvalue weighted by atomic mass is 16.5. The number of hydrogen-bond acceptors (Lipinski definition) is 4. The van der Waals surface area contributed by atoms with Gasteiger partial charge in [-0.1, -0.05) is 0 Å². The maximum absolute atomic E-state index is 5.43. The minimum Gasteiger partial charge on any atom is -0.379 e. The van der Waals surface area contributed by atoms with Crippen molar-refractivity contribution in [2.24, 2.45) is 0 Å². The summed E-state index contributed by atoms with van der Waals surface area (Å²) in [6.07, 6.45) is 0. The Labute approximate surface area is 86.2 Å². The summed E-state index contributed by atoms with van der Waals surface area (Å²) in [5, 5.41) is 3.38. The van der Waals surface area contributed by atoms with Crippen LogP contribution in [0.3, 0.4) is 0 Å². The van der Waals surface area contributed by atoms with Crippen LogP contribution in [0.4, 0.5) is 0 Å². The van der Waals surface area contributed by atoms with E-state index in [1.54, 1.807) is 0 Å². The van der Waals surface area contributed by atoms with Gasteiger partial charge in [0.05, 0.1) is 19.9 Å². The van der Waals surface area contributed by atoms with Crippen LogP contribution >= 0.6 is 0 Å². The first-order valence-electron chi connectivity index (χ1n) is 5.61. The average Bonchev–Trinajstić information content (AvgIpc) is 2.23. The number of rotatable bonds is 2. The van der Waals surface area contributed by atoms with Crippen LogP contribution in [0.1, 0.15) is 6.92 Å². The van der Waals surface area contributed by atoms with Crippen molar-refractivity contribution in [3.05, 3.63) is 0 Å². The molecule has 0 saturated carbocycles. The summed E-state index contributed by atoms with van der Waals surface area (Å²) in [4.78, 5) is 5.05. The predicted molar refractivity (Wildman–Crippen MR) is 56.3 cm³/mol. The van der Waals surface area contributed by atoms with Crippen molar-refractivity contribution in [2.45, 2.75) is 13.0 Å². The monoisotopic (exact) mass is 199 g/mol. The van der Waals surface area contributed by atoms with E-state index in [9.17, 15) is 0 Å². The fourth-order valence-electron chi connectivity index (χ4n) is 2.08. The van der Waals surface area contributed by atoms with Gasteiger partial charge in [0.25, 0.3) is 0 Å². The number of piperazine rings is 1. The molecule has 0 aromatic carbocycles. The summed E-state index contributed by atoms with van der Waals surface area (Å²) in [5.41, 5.74) is 0. The van der Waals surface area contributed by atoms with Gasteiger partial charge in [-0.2, -0.15) is 0 Å². The van der Waals surface area contributed by atoms with Crippen LogP contribution in [-0.2, 0) is 4.74 Å². The van der Waals surface area contributed by atoms with Gasteiger partial charge in [0, 0.05) is 38.8 Å². The summed E-state index contributed by atoms with van der Waals surface area (Å²) < 4.78 is 5.43. The van der Waals surface area contributed by atoms with Gasteiger partial charge < -0.3 is 10.1 Å². The highest BCUT2D eigenvalue weighted by molar-refractivity contribution is 4.74. The van der Waals surface area contributed by atoms with E-state index in [-0.39, 0.29) is 0 Å². The normalized spacial score (nSPS) is 31.9. The van der Waals surface area contributed by atoms with Crippen molar-refractivity contribution in [3.8, 4) is 0 Å². The van der Waals surface area contributed by atoms with Crippen molar-refractivity contribution >= 4 is 0 Å². The van der Waals surface area contributed by atoms with E-state index in [4.69, 9.17) is 4.74 Å². The molecule has 14 heavy (non-hydrogen) atoms. The molecule has 0 amide bonds. The Morgan fingerprint density at radius 2 is 2.07 bits per heavy atom. The molecule has 0 aromatic rings. The Morgan fingerprint density at radius 1 is 1.29 bits per heavy atom. The second-order valence-corrected chi connectivity index (χ2v) is 4.25. The molecule has 0 aliphatic carbocycles. The maximum Gasteiger partial charge on any atom is 0.0620 e. The third-order valence-corrected chi connectivity index (χ3v) is 3.10. The van der Waals surface area contributed by atoms with E-state index in [0.29, 0.717) is 6.04 Å². The third kappa shape index (κ3) is 2.67. The lowest BCUT2D eigenvalue weighted by atomic mass is 10.2. The second-order valence-electron chi connectivity index (χ2n) is 4.25. The summed E-state index contributed by atoms with van der Waals surface area (Å²) in [6.45, 7) is 10.9. The number of nitrogens with zero attached hydrogens (tertiary/aromatic N) is 2. The van der Waals surface area contributed by atoms with Gasteiger partial charge in [-0.3, -0.25) is 9.80 Å². The number of morpholine rings is 1. The standard InChI is InChI=1S/C10H21N3O/c1-10-8-14-7-6-13(10)9-12-4-2-11-3-5-12/h10-11H,2-9H2,1H3. The SMILES string of the molecule is CC1COCCN1CN1CCNCC1. The quantitative estimate of drug-likeness (QED) is 0.653. The van der Waals surface area contributed by atoms with Crippen molar-refractivity contribution < 1.29 is 4.74 Å². The smallest absolute Gasteiger partial charge is 0.0620 e. The molecule has 4 heteroatoms. The van der Waals surface area contributed by atoms with Crippen molar-refractivity contribution in [1.29, 1.82) is 0 Å². The molecule has 1 N–H and O–H groups in total. The lowest BCUT2D eigenvalue weighted by molar-refractivity contribution is -0.0276. The Morgan fingerprint density at radius 3 is 2.79 bits per heavy atom. The molecule has 82 valence electrons. The van der Waals surface area contributed by atoms with E-state index in [2.05, 4.69) is 22.0 Å². The Balaban J connectivity index is 1.76. The number of hydrogen-bond donors (Lipinski definition) is 1. The summed E-state index contributed by atoms with van der Waals surface area (Å²) in [5.74, 6) is 0. The molecule has 0 aromatic heterocycles. The zero-order valence-corrected chi connectivity index (χ0v) is 9.04. The lowest BCUT2D eigenvalue weighted by Gasteiger charge is -2.38. The van der Waals surface area contributed by atoms with Crippen molar-refractivity contribution in [1.82, 2.24) is 15.1 Å². The summed E-state index contributed by atoms with van der Waals surface area (Å²) in [7, 11) is 0. The Kier molecular flexibility index (Phi) is 3.75. The van der Waals surface area contributed by atoms with Crippen LogP contribution in [0.25, 0.3) is 0 Å². The molecule has 4 nitrogen and oxygen atoms in total. The summed E-state index contributed by atoms with van der Waals surface area (Å²) >= 11 is 0. The van der Waals surface area contributed by atoms with Gasteiger partial charge in [-0.05, 0) is 6.92 Å². The first-order chi connectivity index (χ1) is 6.86. The van der Waals surface area contributed by atoms with Crippen LogP contribution in [0.5, 0.6) is 0 Å². The molecular weight excluding hydrogens is 178 g/mol. The van der Waals surface area contributed by atoms with E-state index >= 15 is 0 Å². The molecule has 0 spiro atoms. The molecule has 2 rings (SSSR count).